The monoisotopic (exact) mass is 246 g/mol. The fourth-order valence-corrected chi connectivity index (χ4v) is 1.69. The molecular formula is C14H15FN2O. The zero-order valence-electron chi connectivity index (χ0n) is 10.4. The molecule has 0 saturated carbocycles. The van der Waals surface area contributed by atoms with Crippen molar-refractivity contribution in [2.45, 2.75) is 20.4 Å². The summed E-state index contributed by atoms with van der Waals surface area (Å²) >= 11 is 0. The Morgan fingerprint density at radius 1 is 1.28 bits per heavy atom. The molecule has 2 aromatic rings. The molecule has 1 heterocycles. The van der Waals surface area contributed by atoms with Gasteiger partial charge in [0.2, 0.25) is 5.88 Å². The number of ether oxygens (including phenoxy) is 1. The minimum atomic E-state index is -0.366. The van der Waals surface area contributed by atoms with E-state index in [0.29, 0.717) is 18.0 Å². The van der Waals surface area contributed by atoms with Crippen LogP contribution in [0, 0.1) is 19.7 Å². The number of nitrogens with zero attached hydrogens (tertiary/aromatic N) is 1. The number of hydrogen-bond acceptors (Lipinski definition) is 3. The minimum Gasteiger partial charge on any atom is -0.436 e. The number of pyridine rings is 1. The molecule has 18 heavy (non-hydrogen) atoms. The number of hydrogen-bond donors (Lipinski definition) is 1. The van der Waals surface area contributed by atoms with Crippen LogP contribution in [0.4, 0.5) is 4.39 Å². The van der Waals surface area contributed by atoms with Gasteiger partial charge in [-0.15, -0.1) is 0 Å². The normalized spacial score (nSPS) is 10.4. The largest absolute Gasteiger partial charge is 0.436 e. The lowest BCUT2D eigenvalue weighted by Gasteiger charge is -2.09. The summed E-state index contributed by atoms with van der Waals surface area (Å²) in [5.41, 5.74) is 7.82. The van der Waals surface area contributed by atoms with Crippen LogP contribution in [-0.4, -0.2) is 4.98 Å². The Balaban J connectivity index is 2.34. The van der Waals surface area contributed by atoms with Gasteiger partial charge in [0, 0.05) is 18.3 Å². The van der Waals surface area contributed by atoms with E-state index in [-0.39, 0.29) is 11.6 Å². The number of aromatic nitrogens is 1. The second-order valence-corrected chi connectivity index (χ2v) is 4.15. The van der Waals surface area contributed by atoms with Gasteiger partial charge in [0.25, 0.3) is 0 Å². The molecule has 0 amide bonds. The summed E-state index contributed by atoms with van der Waals surface area (Å²) < 4.78 is 19.3. The van der Waals surface area contributed by atoms with Gasteiger partial charge in [0.15, 0.2) is 11.6 Å². The summed E-state index contributed by atoms with van der Waals surface area (Å²) in [4.78, 5) is 4.20. The average Bonchev–Trinajstić information content (AvgIpc) is 2.34. The first-order valence-electron chi connectivity index (χ1n) is 5.70. The summed E-state index contributed by atoms with van der Waals surface area (Å²) in [6.45, 7) is 3.94. The van der Waals surface area contributed by atoms with Crippen molar-refractivity contribution in [1.29, 1.82) is 0 Å². The van der Waals surface area contributed by atoms with Gasteiger partial charge in [0.1, 0.15) is 0 Å². The van der Waals surface area contributed by atoms with Gasteiger partial charge in [0.05, 0.1) is 0 Å². The third-order valence-electron chi connectivity index (χ3n) is 2.60. The highest BCUT2D eigenvalue weighted by molar-refractivity contribution is 5.34. The predicted octanol–water partition coefficient (Wildman–Crippen LogP) is 3.09. The van der Waals surface area contributed by atoms with E-state index >= 15 is 0 Å². The van der Waals surface area contributed by atoms with Crippen LogP contribution in [0.15, 0.2) is 30.3 Å². The van der Waals surface area contributed by atoms with Crippen molar-refractivity contribution in [2.24, 2.45) is 5.73 Å². The number of rotatable bonds is 3. The highest BCUT2D eigenvalue weighted by Crippen LogP contribution is 2.25. The Morgan fingerprint density at radius 2 is 2.06 bits per heavy atom. The van der Waals surface area contributed by atoms with Gasteiger partial charge in [-0.2, -0.15) is 0 Å². The molecule has 1 aromatic carbocycles. The van der Waals surface area contributed by atoms with E-state index in [4.69, 9.17) is 10.5 Å². The van der Waals surface area contributed by atoms with E-state index in [9.17, 15) is 4.39 Å². The zero-order chi connectivity index (χ0) is 13.1. The lowest BCUT2D eigenvalue weighted by atomic mass is 10.2. The maximum atomic E-state index is 13.8. The van der Waals surface area contributed by atoms with Crippen molar-refractivity contribution in [3.05, 3.63) is 53.0 Å². The van der Waals surface area contributed by atoms with Gasteiger partial charge in [-0.05, 0) is 37.1 Å². The van der Waals surface area contributed by atoms with Crippen molar-refractivity contribution in [2.75, 3.05) is 0 Å². The molecule has 0 radical (unpaired) electrons. The number of benzene rings is 1. The van der Waals surface area contributed by atoms with Gasteiger partial charge in [-0.3, -0.25) is 0 Å². The molecule has 2 rings (SSSR count). The number of halogens is 1. The van der Waals surface area contributed by atoms with E-state index in [0.717, 1.165) is 11.3 Å². The molecule has 0 aliphatic heterocycles. The Morgan fingerprint density at radius 3 is 2.78 bits per heavy atom. The molecule has 0 fully saturated rings. The summed E-state index contributed by atoms with van der Waals surface area (Å²) in [6, 6.07) is 8.60. The van der Waals surface area contributed by atoms with Crippen LogP contribution in [0.2, 0.25) is 0 Å². The smallest absolute Gasteiger partial charge is 0.219 e. The molecule has 1 aromatic heterocycles. The van der Waals surface area contributed by atoms with Crippen LogP contribution < -0.4 is 10.5 Å². The molecule has 0 atom stereocenters. The minimum absolute atomic E-state index is 0.177. The van der Waals surface area contributed by atoms with Gasteiger partial charge in [-0.25, -0.2) is 9.37 Å². The summed E-state index contributed by atoms with van der Waals surface area (Å²) in [6.07, 6.45) is 0. The molecule has 3 nitrogen and oxygen atoms in total. The highest BCUT2D eigenvalue weighted by atomic mass is 19.1. The summed E-state index contributed by atoms with van der Waals surface area (Å²) in [7, 11) is 0. The summed E-state index contributed by atoms with van der Waals surface area (Å²) in [5, 5.41) is 0. The van der Waals surface area contributed by atoms with Crippen LogP contribution >= 0.6 is 0 Å². The lowest BCUT2D eigenvalue weighted by Crippen LogP contribution is -2.00. The second-order valence-electron chi connectivity index (χ2n) is 4.15. The van der Waals surface area contributed by atoms with Gasteiger partial charge < -0.3 is 10.5 Å². The maximum Gasteiger partial charge on any atom is 0.219 e. The molecule has 0 spiro atoms. The van der Waals surface area contributed by atoms with Crippen LogP contribution in [0.3, 0.4) is 0 Å². The molecule has 4 heteroatoms. The third-order valence-corrected chi connectivity index (χ3v) is 2.60. The molecule has 0 unspecified atom stereocenters. The SMILES string of the molecule is Cc1cc(CN)cc(Oc2cccc(C)c2F)n1. The van der Waals surface area contributed by atoms with E-state index in [2.05, 4.69) is 4.98 Å². The average molecular weight is 246 g/mol. The molecule has 94 valence electrons. The van der Waals surface area contributed by atoms with Crippen molar-refractivity contribution in [3.63, 3.8) is 0 Å². The first-order valence-corrected chi connectivity index (χ1v) is 5.70. The lowest BCUT2D eigenvalue weighted by molar-refractivity contribution is 0.424. The number of nitrogens with two attached hydrogens (primary N) is 1. The number of aryl methyl sites for hydroxylation is 2. The van der Waals surface area contributed by atoms with Gasteiger partial charge >= 0.3 is 0 Å². The van der Waals surface area contributed by atoms with Crippen LogP contribution in [0.1, 0.15) is 16.8 Å². The Labute approximate surface area is 105 Å². The van der Waals surface area contributed by atoms with Crippen LogP contribution in [-0.2, 0) is 6.54 Å². The Hall–Kier alpha value is -1.94. The first-order chi connectivity index (χ1) is 8.60. The standard InChI is InChI=1S/C14H15FN2O/c1-9-4-3-5-12(14(9)15)18-13-7-11(8-16)6-10(2)17-13/h3-7H,8,16H2,1-2H3. The Bertz CT molecular complexity index is 570. The molecule has 0 aliphatic rings. The summed E-state index contributed by atoms with van der Waals surface area (Å²) in [5.74, 6) is 0.172. The molecular weight excluding hydrogens is 231 g/mol. The molecule has 2 N–H and O–H groups in total. The maximum absolute atomic E-state index is 13.8. The van der Waals surface area contributed by atoms with E-state index in [1.54, 1.807) is 31.2 Å². The van der Waals surface area contributed by atoms with E-state index < -0.39 is 0 Å². The predicted molar refractivity (Wildman–Crippen MR) is 68.1 cm³/mol. The first kappa shape index (κ1) is 12.5. The molecule has 0 saturated heterocycles. The van der Waals surface area contributed by atoms with E-state index in [1.807, 2.05) is 13.0 Å². The fraction of sp³-hybridized carbons (Fsp3) is 0.214. The van der Waals surface area contributed by atoms with Crippen molar-refractivity contribution < 1.29 is 9.13 Å². The highest BCUT2D eigenvalue weighted by Gasteiger charge is 2.08. The topological polar surface area (TPSA) is 48.1 Å². The molecule has 0 bridgehead atoms. The van der Waals surface area contributed by atoms with Crippen LogP contribution in [0.25, 0.3) is 0 Å². The fourth-order valence-electron chi connectivity index (χ4n) is 1.69. The van der Waals surface area contributed by atoms with Crippen LogP contribution in [0.5, 0.6) is 11.6 Å². The Kier molecular flexibility index (Phi) is 3.58. The van der Waals surface area contributed by atoms with Crippen molar-refractivity contribution in [3.8, 4) is 11.6 Å². The third kappa shape index (κ3) is 2.65. The van der Waals surface area contributed by atoms with E-state index in [1.165, 1.54) is 0 Å². The van der Waals surface area contributed by atoms with Gasteiger partial charge in [-0.1, -0.05) is 12.1 Å². The quantitative estimate of drug-likeness (QED) is 0.905. The second kappa shape index (κ2) is 5.14. The zero-order valence-corrected chi connectivity index (χ0v) is 10.4. The van der Waals surface area contributed by atoms with Crippen molar-refractivity contribution >= 4 is 0 Å². The van der Waals surface area contributed by atoms with Crippen molar-refractivity contribution in [1.82, 2.24) is 4.98 Å². The molecule has 0 aliphatic carbocycles.